The van der Waals surface area contributed by atoms with Crippen molar-refractivity contribution in [3.63, 3.8) is 0 Å². The van der Waals surface area contributed by atoms with Crippen LogP contribution < -0.4 is 10.1 Å². The lowest BCUT2D eigenvalue weighted by molar-refractivity contribution is -0.123. The first-order valence-electron chi connectivity index (χ1n) is 6.01. The van der Waals surface area contributed by atoms with Crippen LogP contribution in [-0.4, -0.2) is 31.8 Å². The number of nitrogens with one attached hydrogen (secondary N) is 1. The molecule has 1 aliphatic heterocycles. The molecule has 98 valence electrons. The molecule has 1 unspecified atom stereocenters. The van der Waals surface area contributed by atoms with Crippen molar-refractivity contribution in [3.8, 4) is 5.75 Å². The van der Waals surface area contributed by atoms with Gasteiger partial charge in [-0.1, -0.05) is 15.9 Å². The van der Waals surface area contributed by atoms with E-state index < -0.39 is 0 Å². The first-order chi connectivity index (χ1) is 8.74. The van der Waals surface area contributed by atoms with Crippen molar-refractivity contribution in [3.05, 3.63) is 28.7 Å². The van der Waals surface area contributed by atoms with Crippen molar-refractivity contribution in [1.82, 2.24) is 5.32 Å². The minimum Gasteiger partial charge on any atom is -0.484 e. The van der Waals surface area contributed by atoms with Crippen LogP contribution in [0.25, 0.3) is 0 Å². The average molecular weight is 314 g/mol. The van der Waals surface area contributed by atoms with Crippen LogP contribution in [-0.2, 0) is 9.53 Å². The first kappa shape index (κ1) is 13.4. The van der Waals surface area contributed by atoms with Crippen LogP contribution >= 0.6 is 15.9 Å². The van der Waals surface area contributed by atoms with E-state index in [-0.39, 0.29) is 18.6 Å². The zero-order chi connectivity index (χ0) is 12.8. The maximum absolute atomic E-state index is 11.5. The predicted octanol–water partition coefficient (Wildman–Crippen LogP) is 2.12. The number of ether oxygens (including phenoxy) is 2. The van der Waals surface area contributed by atoms with Crippen molar-refractivity contribution in [1.29, 1.82) is 0 Å². The van der Waals surface area contributed by atoms with E-state index in [1.165, 1.54) is 0 Å². The fraction of sp³-hybridized carbons (Fsp3) is 0.462. The van der Waals surface area contributed by atoms with Crippen LogP contribution in [0.3, 0.4) is 0 Å². The lowest BCUT2D eigenvalue weighted by Gasteiger charge is -2.11. The number of hydrogen-bond acceptors (Lipinski definition) is 3. The Morgan fingerprint density at radius 3 is 2.89 bits per heavy atom. The highest BCUT2D eigenvalue weighted by Crippen LogP contribution is 2.15. The molecule has 0 radical (unpaired) electrons. The molecule has 0 spiro atoms. The molecule has 1 N–H and O–H groups in total. The van der Waals surface area contributed by atoms with Gasteiger partial charge in [-0.15, -0.1) is 0 Å². The van der Waals surface area contributed by atoms with Gasteiger partial charge in [0.25, 0.3) is 5.91 Å². The van der Waals surface area contributed by atoms with Crippen LogP contribution in [0.1, 0.15) is 12.8 Å². The van der Waals surface area contributed by atoms with E-state index in [0.717, 1.165) is 23.9 Å². The molecule has 4 nitrogen and oxygen atoms in total. The Morgan fingerprint density at radius 2 is 2.22 bits per heavy atom. The number of amides is 1. The topological polar surface area (TPSA) is 47.6 Å². The number of benzene rings is 1. The minimum absolute atomic E-state index is 0.0361. The smallest absolute Gasteiger partial charge is 0.258 e. The predicted molar refractivity (Wildman–Crippen MR) is 71.6 cm³/mol. The zero-order valence-electron chi connectivity index (χ0n) is 10.0. The monoisotopic (exact) mass is 313 g/mol. The lowest BCUT2D eigenvalue weighted by Crippen LogP contribution is -2.35. The van der Waals surface area contributed by atoms with Gasteiger partial charge in [0.15, 0.2) is 6.61 Å². The van der Waals surface area contributed by atoms with E-state index in [1.807, 2.05) is 24.3 Å². The largest absolute Gasteiger partial charge is 0.484 e. The van der Waals surface area contributed by atoms with Crippen LogP contribution in [0.4, 0.5) is 0 Å². The molecule has 1 amide bonds. The average Bonchev–Trinajstić information content (AvgIpc) is 2.89. The molecule has 1 fully saturated rings. The van der Waals surface area contributed by atoms with Crippen molar-refractivity contribution in [2.45, 2.75) is 18.9 Å². The maximum Gasteiger partial charge on any atom is 0.258 e. The van der Waals surface area contributed by atoms with E-state index >= 15 is 0 Å². The van der Waals surface area contributed by atoms with Gasteiger partial charge in [0, 0.05) is 17.6 Å². The molecule has 1 heterocycles. The zero-order valence-corrected chi connectivity index (χ0v) is 11.6. The second-order valence-corrected chi connectivity index (χ2v) is 5.10. The first-order valence-corrected chi connectivity index (χ1v) is 6.80. The number of carbonyl (C=O) groups is 1. The molecule has 1 saturated heterocycles. The summed E-state index contributed by atoms with van der Waals surface area (Å²) < 4.78 is 11.8. The van der Waals surface area contributed by atoms with E-state index in [4.69, 9.17) is 9.47 Å². The maximum atomic E-state index is 11.5. The number of carbonyl (C=O) groups excluding carboxylic acids is 1. The van der Waals surface area contributed by atoms with Crippen molar-refractivity contribution >= 4 is 21.8 Å². The molecular weight excluding hydrogens is 298 g/mol. The van der Waals surface area contributed by atoms with Gasteiger partial charge in [-0.2, -0.15) is 0 Å². The van der Waals surface area contributed by atoms with Gasteiger partial charge in [0.2, 0.25) is 0 Å². The molecule has 2 rings (SSSR count). The minimum atomic E-state index is -0.117. The van der Waals surface area contributed by atoms with Crippen molar-refractivity contribution in [2.75, 3.05) is 19.8 Å². The molecule has 18 heavy (non-hydrogen) atoms. The molecule has 1 aromatic carbocycles. The summed E-state index contributed by atoms with van der Waals surface area (Å²) in [5.74, 6) is 0.568. The highest BCUT2D eigenvalue weighted by molar-refractivity contribution is 9.10. The highest BCUT2D eigenvalue weighted by atomic mass is 79.9. The van der Waals surface area contributed by atoms with Crippen molar-refractivity contribution in [2.24, 2.45) is 0 Å². The molecule has 0 bridgehead atoms. The summed E-state index contributed by atoms with van der Waals surface area (Å²) in [5, 5.41) is 2.81. The Bertz CT molecular complexity index is 388. The number of rotatable bonds is 5. The SMILES string of the molecule is O=C(COc1ccc(Br)cc1)NCC1CCCO1. The normalized spacial score (nSPS) is 18.6. The lowest BCUT2D eigenvalue weighted by atomic mass is 10.2. The van der Waals surface area contributed by atoms with Gasteiger partial charge < -0.3 is 14.8 Å². The third-order valence-electron chi connectivity index (χ3n) is 2.73. The summed E-state index contributed by atoms with van der Waals surface area (Å²) in [6, 6.07) is 7.38. The second-order valence-electron chi connectivity index (χ2n) is 4.18. The molecule has 0 aromatic heterocycles. The molecule has 5 heteroatoms. The molecular formula is C13H16BrNO3. The van der Waals surface area contributed by atoms with Gasteiger partial charge in [0.1, 0.15) is 5.75 Å². The van der Waals surface area contributed by atoms with E-state index in [2.05, 4.69) is 21.2 Å². The Morgan fingerprint density at radius 1 is 1.44 bits per heavy atom. The van der Waals surface area contributed by atoms with Gasteiger partial charge >= 0.3 is 0 Å². The Labute approximate surface area is 115 Å². The molecule has 0 aliphatic carbocycles. The molecule has 1 atom stereocenters. The number of halogens is 1. The van der Waals surface area contributed by atoms with E-state index in [0.29, 0.717) is 12.3 Å². The summed E-state index contributed by atoms with van der Waals surface area (Å²) >= 11 is 3.34. The van der Waals surface area contributed by atoms with Crippen LogP contribution in [0, 0.1) is 0 Å². The van der Waals surface area contributed by atoms with Gasteiger partial charge in [-0.05, 0) is 37.1 Å². The molecule has 0 saturated carbocycles. The Hall–Kier alpha value is -1.07. The number of hydrogen-bond donors (Lipinski definition) is 1. The summed E-state index contributed by atoms with van der Waals surface area (Å²) in [5.41, 5.74) is 0. The summed E-state index contributed by atoms with van der Waals surface area (Å²) in [7, 11) is 0. The van der Waals surface area contributed by atoms with Crippen LogP contribution in [0.5, 0.6) is 5.75 Å². The van der Waals surface area contributed by atoms with Gasteiger partial charge in [0.05, 0.1) is 6.10 Å². The highest BCUT2D eigenvalue weighted by Gasteiger charge is 2.16. The molecule has 1 aromatic rings. The summed E-state index contributed by atoms with van der Waals surface area (Å²) in [4.78, 5) is 11.5. The van der Waals surface area contributed by atoms with E-state index in [1.54, 1.807) is 0 Å². The summed E-state index contributed by atoms with van der Waals surface area (Å²) in [6.45, 7) is 1.41. The van der Waals surface area contributed by atoms with Gasteiger partial charge in [-0.3, -0.25) is 4.79 Å². The summed E-state index contributed by atoms with van der Waals surface area (Å²) in [6.07, 6.45) is 2.27. The third-order valence-corrected chi connectivity index (χ3v) is 3.26. The fourth-order valence-electron chi connectivity index (χ4n) is 1.76. The fourth-order valence-corrected chi connectivity index (χ4v) is 2.03. The van der Waals surface area contributed by atoms with Crippen molar-refractivity contribution < 1.29 is 14.3 Å². The van der Waals surface area contributed by atoms with Crippen LogP contribution in [0.2, 0.25) is 0 Å². The van der Waals surface area contributed by atoms with Crippen LogP contribution in [0.15, 0.2) is 28.7 Å². The standard InChI is InChI=1S/C13H16BrNO3/c14-10-3-5-11(6-4-10)18-9-13(16)15-8-12-2-1-7-17-12/h3-6,12H,1-2,7-9H2,(H,15,16). The quantitative estimate of drug-likeness (QED) is 0.906. The molecule has 1 aliphatic rings. The van der Waals surface area contributed by atoms with Gasteiger partial charge in [-0.25, -0.2) is 0 Å². The van der Waals surface area contributed by atoms with E-state index in [9.17, 15) is 4.79 Å². The Balaban J connectivity index is 1.66. The second kappa shape index (κ2) is 6.75. The Kier molecular flexibility index (Phi) is 5.01. The third kappa shape index (κ3) is 4.31.